The van der Waals surface area contributed by atoms with Crippen LogP contribution in [0, 0.1) is 5.82 Å². The summed E-state index contributed by atoms with van der Waals surface area (Å²) in [5, 5.41) is 8.73. The second-order valence-corrected chi connectivity index (χ2v) is 6.58. The smallest absolute Gasteiger partial charge is 0.299 e. The van der Waals surface area contributed by atoms with Gasteiger partial charge in [-0.3, -0.25) is 14.2 Å². The molecule has 2 aromatic heterocycles. The SMILES string of the molecule is O=c1c2cc3nc4n(c(=O)c3cc2nnn1CCc1cccc(F)c1)CCO4. The van der Waals surface area contributed by atoms with Crippen molar-refractivity contribution in [3.63, 3.8) is 0 Å². The molecular formula is C19H14FN5O3. The summed E-state index contributed by atoms with van der Waals surface area (Å²) in [5.74, 6) is -0.326. The lowest BCUT2D eigenvalue weighted by Crippen LogP contribution is -2.25. The Morgan fingerprint density at radius 3 is 2.75 bits per heavy atom. The minimum Gasteiger partial charge on any atom is -0.463 e. The maximum atomic E-state index is 13.3. The normalized spacial score (nSPS) is 13.0. The number of fused-ring (bicyclic) bond motifs is 3. The summed E-state index contributed by atoms with van der Waals surface area (Å²) in [6.07, 6.45) is 0.437. The van der Waals surface area contributed by atoms with E-state index >= 15 is 0 Å². The van der Waals surface area contributed by atoms with Crippen molar-refractivity contribution in [2.75, 3.05) is 6.61 Å². The minimum atomic E-state index is -0.341. The number of rotatable bonds is 3. The van der Waals surface area contributed by atoms with Gasteiger partial charge >= 0.3 is 0 Å². The molecule has 0 saturated carbocycles. The van der Waals surface area contributed by atoms with Crippen molar-refractivity contribution in [2.24, 2.45) is 0 Å². The molecule has 5 rings (SSSR count). The van der Waals surface area contributed by atoms with Gasteiger partial charge in [-0.1, -0.05) is 17.3 Å². The number of aromatic nitrogens is 5. The second kappa shape index (κ2) is 6.22. The van der Waals surface area contributed by atoms with E-state index in [0.29, 0.717) is 41.4 Å². The number of ether oxygens (including phenoxy) is 1. The number of aryl methyl sites for hydroxylation is 2. The fourth-order valence-corrected chi connectivity index (χ4v) is 3.38. The summed E-state index contributed by atoms with van der Waals surface area (Å²) in [7, 11) is 0. The molecule has 140 valence electrons. The van der Waals surface area contributed by atoms with E-state index in [4.69, 9.17) is 4.74 Å². The summed E-state index contributed by atoms with van der Waals surface area (Å²) >= 11 is 0. The van der Waals surface area contributed by atoms with Gasteiger partial charge in [0.1, 0.15) is 17.9 Å². The van der Waals surface area contributed by atoms with Gasteiger partial charge in [-0.05, 0) is 36.2 Å². The maximum Gasteiger partial charge on any atom is 0.299 e. The third-order valence-electron chi connectivity index (χ3n) is 4.81. The molecule has 9 heteroatoms. The standard InChI is InChI=1S/C19H14FN5O3/c20-12-3-1-2-11(8-12)4-5-25-18(27)14-9-15-13(10-16(14)22-23-25)17(26)24-6-7-28-19(24)21-15/h1-3,8-10H,4-7H2. The molecule has 0 fully saturated rings. The van der Waals surface area contributed by atoms with Gasteiger partial charge < -0.3 is 4.74 Å². The van der Waals surface area contributed by atoms with Crippen molar-refractivity contribution in [3.8, 4) is 6.01 Å². The first-order valence-electron chi connectivity index (χ1n) is 8.79. The third kappa shape index (κ3) is 2.63. The van der Waals surface area contributed by atoms with Crippen LogP contribution >= 0.6 is 0 Å². The molecule has 8 nitrogen and oxygen atoms in total. The Morgan fingerprint density at radius 2 is 1.89 bits per heavy atom. The van der Waals surface area contributed by atoms with Gasteiger partial charge in [-0.15, -0.1) is 5.10 Å². The zero-order chi connectivity index (χ0) is 19.3. The molecule has 0 aliphatic carbocycles. The molecule has 4 aromatic rings. The lowest BCUT2D eigenvalue weighted by molar-refractivity contribution is 0.345. The monoisotopic (exact) mass is 379 g/mol. The minimum absolute atomic E-state index is 0.225. The molecule has 0 spiro atoms. The van der Waals surface area contributed by atoms with Gasteiger partial charge in [0, 0.05) is 0 Å². The highest BCUT2D eigenvalue weighted by Gasteiger charge is 2.19. The van der Waals surface area contributed by atoms with E-state index in [1.165, 1.54) is 27.4 Å². The van der Waals surface area contributed by atoms with E-state index in [-0.39, 0.29) is 29.5 Å². The molecule has 0 bridgehead atoms. The Morgan fingerprint density at radius 1 is 1.07 bits per heavy atom. The number of hydrogen-bond acceptors (Lipinski definition) is 6. The Hall–Kier alpha value is -3.62. The number of nitrogens with zero attached hydrogens (tertiary/aromatic N) is 5. The van der Waals surface area contributed by atoms with E-state index in [1.54, 1.807) is 18.2 Å². The molecule has 1 aliphatic heterocycles. The molecule has 0 N–H and O–H groups in total. The van der Waals surface area contributed by atoms with E-state index < -0.39 is 0 Å². The van der Waals surface area contributed by atoms with Crippen LogP contribution in [0.2, 0.25) is 0 Å². The van der Waals surface area contributed by atoms with Crippen LogP contribution in [-0.4, -0.2) is 31.2 Å². The lowest BCUT2D eigenvalue weighted by atomic mass is 10.1. The first kappa shape index (κ1) is 16.5. The first-order valence-corrected chi connectivity index (χ1v) is 8.79. The molecule has 0 atom stereocenters. The van der Waals surface area contributed by atoms with Crippen LogP contribution in [0.1, 0.15) is 5.56 Å². The van der Waals surface area contributed by atoms with Crippen molar-refractivity contribution >= 4 is 21.8 Å². The van der Waals surface area contributed by atoms with Gasteiger partial charge in [0.25, 0.3) is 17.1 Å². The molecule has 3 heterocycles. The quantitative estimate of drug-likeness (QED) is 0.498. The van der Waals surface area contributed by atoms with Crippen molar-refractivity contribution in [1.29, 1.82) is 0 Å². The van der Waals surface area contributed by atoms with Crippen LogP contribution in [0.5, 0.6) is 6.01 Å². The van der Waals surface area contributed by atoms with E-state index in [1.807, 2.05) is 0 Å². The highest BCUT2D eigenvalue weighted by Crippen LogP contribution is 2.19. The first-order chi connectivity index (χ1) is 13.6. The lowest BCUT2D eigenvalue weighted by Gasteiger charge is -2.07. The fraction of sp³-hybridized carbons (Fsp3) is 0.211. The number of hydrogen-bond donors (Lipinski definition) is 0. The molecule has 1 aliphatic rings. The highest BCUT2D eigenvalue weighted by atomic mass is 19.1. The van der Waals surface area contributed by atoms with Crippen LogP contribution < -0.4 is 15.9 Å². The second-order valence-electron chi connectivity index (χ2n) is 6.58. The Kier molecular flexibility index (Phi) is 3.68. The average Bonchev–Trinajstić information content (AvgIpc) is 3.16. The molecule has 0 saturated heterocycles. The molecule has 0 amide bonds. The van der Waals surface area contributed by atoms with Crippen LogP contribution in [-0.2, 0) is 19.5 Å². The average molecular weight is 379 g/mol. The van der Waals surface area contributed by atoms with Crippen molar-refractivity contribution in [2.45, 2.75) is 19.5 Å². The van der Waals surface area contributed by atoms with Crippen LogP contribution in [0.15, 0.2) is 46.0 Å². The summed E-state index contributed by atoms with van der Waals surface area (Å²) in [5.41, 5.74) is 0.906. The predicted octanol–water partition coefficient (Wildman–Crippen LogP) is 1.28. The van der Waals surface area contributed by atoms with E-state index in [9.17, 15) is 14.0 Å². The Bertz CT molecular complexity index is 1360. The van der Waals surface area contributed by atoms with Gasteiger partial charge in [-0.25, -0.2) is 9.07 Å². The molecule has 2 aromatic carbocycles. The zero-order valence-electron chi connectivity index (χ0n) is 14.6. The number of halogens is 1. The topological polar surface area (TPSA) is 91.9 Å². The summed E-state index contributed by atoms with van der Waals surface area (Å²) in [6.45, 7) is 1.10. The van der Waals surface area contributed by atoms with Gasteiger partial charge in [0.2, 0.25) is 0 Å². The zero-order valence-corrected chi connectivity index (χ0v) is 14.6. The van der Waals surface area contributed by atoms with Crippen LogP contribution in [0.4, 0.5) is 4.39 Å². The predicted molar refractivity (Wildman–Crippen MR) is 99.0 cm³/mol. The summed E-state index contributed by atoms with van der Waals surface area (Å²) < 4.78 is 21.4. The van der Waals surface area contributed by atoms with Crippen LogP contribution in [0.25, 0.3) is 21.8 Å². The highest BCUT2D eigenvalue weighted by molar-refractivity contribution is 5.93. The van der Waals surface area contributed by atoms with Crippen molar-refractivity contribution in [1.82, 2.24) is 24.5 Å². The Labute approximate surface area is 156 Å². The molecular weight excluding hydrogens is 365 g/mol. The van der Waals surface area contributed by atoms with E-state index in [0.717, 1.165) is 5.56 Å². The maximum absolute atomic E-state index is 13.3. The van der Waals surface area contributed by atoms with Crippen molar-refractivity contribution in [3.05, 3.63) is 68.5 Å². The Balaban J connectivity index is 1.58. The van der Waals surface area contributed by atoms with E-state index in [2.05, 4.69) is 15.3 Å². The van der Waals surface area contributed by atoms with Gasteiger partial charge in [0.15, 0.2) is 0 Å². The summed E-state index contributed by atoms with van der Waals surface area (Å²) in [4.78, 5) is 29.8. The van der Waals surface area contributed by atoms with Crippen LogP contribution in [0.3, 0.4) is 0 Å². The van der Waals surface area contributed by atoms with Crippen molar-refractivity contribution < 1.29 is 9.13 Å². The fourth-order valence-electron chi connectivity index (χ4n) is 3.38. The molecule has 0 unspecified atom stereocenters. The summed E-state index contributed by atoms with van der Waals surface area (Å²) in [6, 6.07) is 9.54. The largest absolute Gasteiger partial charge is 0.463 e. The molecule has 28 heavy (non-hydrogen) atoms. The molecule has 0 radical (unpaired) electrons. The van der Waals surface area contributed by atoms with Gasteiger partial charge in [0.05, 0.1) is 29.4 Å². The number of benzene rings is 2. The third-order valence-corrected chi connectivity index (χ3v) is 4.81. The van der Waals surface area contributed by atoms with Gasteiger partial charge in [-0.2, -0.15) is 4.98 Å².